The van der Waals surface area contributed by atoms with Crippen LogP contribution in [0.25, 0.3) is 0 Å². The van der Waals surface area contributed by atoms with Crippen molar-refractivity contribution in [3.8, 4) is 0 Å². The predicted molar refractivity (Wildman–Crippen MR) is 69.2 cm³/mol. The topological polar surface area (TPSA) is 6.48 Å². The van der Waals surface area contributed by atoms with Gasteiger partial charge in [0.15, 0.2) is 0 Å². The summed E-state index contributed by atoms with van der Waals surface area (Å²) in [6, 6.07) is 9.07. The molecule has 1 unspecified atom stereocenters. The first-order valence-corrected chi connectivity index (χ1v) is 5.91. The fourth-order valence-electron chi connectivity index (χ4n) is 2.28. The first-order chi connectivity index (χ1) is 7.61. The van der Waals surface area contributed by atoms with Crippen LogP contribution >= 0.6 is 0 Å². The van der Waals surface area contributed by atoms with Gasteiger partial charge in [-0.3, -0.25) is 0 Å². The summed E-state index contributed by atoms with van der Waals surface area (Å²) in [6.07, 6.45) is 4.76. The van der Waals surface area contributed by atoms with Gasteiger partial charge in [0, 0.05) is 24.1 Å². The van der Waals surface area contributed by atoms with Gasteiger partial charge in [-0.05, 0) is 39.3 Å². The largest absolute Gasteiger partial charge is 0.353 e. The molecule has 1 aliphatic rings. The minimum absolute atomic E-state index is 0.404. The van der Waals surface area contributed by atoms with Crippen LogP contribution in [0.2, 0.25) is 0 Å². The molecule has 0 bridgehead atoms. The third-order valence-electron chi connectivity index (χ3n) is 3.22. The van der Waals surface area contributed by atoms with E-state index in [9.17, 15) is 0 Å². The molecule has 1 heterocycles. The zero-order valence-corrected chi connectivity index (χ0v) is 10.5. The van der Waals surface area contributed by atoms with Gasteiger partial charge in [0.25, 0.3) is 0 Å². The molecule has 0 spiro atoms. The summed E-state index contributed by atoms with van der Waals surface area (Å²) in [5, 5.41) is 0. The zero-order chi connectivity index (χ0) is 11.7. The molecule has 0 aliphatic carbocycles. The maximum Gasteiger partial charge on any atom is 0.103 e. The van der Waals surface area contributed by atoms with Crippen molar-refractivity contribution < 1.29 is 0 Å². The molecule has 1 aromatic rings. The average Bonchev–Trinajstić information content (AvgIpc) is 2.61. The van der Waals surface area contributed by atoms with Crippen LogP contribution in [0.15, 0.2) is 36.7 Å². The zero-order valence-electron chi connectivity index (χ0n) is 10.5. The van der Waals surface area contributed by atoms with Gasteiger partial charge < -0.3 is 9.80 Å². The number of para-hydroxylation sites is 1. The lowest BCUT2D eigenvalue weighted by Gasteiger charge is -2.33. The number of aryl methyl sites for hydroxylation is 1. The fraction of sp³-hybridized carbons (Fsp3) is 0.429. The molecule has 1 aromatic carbocycles. The van der Waals surface area contributed by atoms with Gasteiger partial charge in [-0.1, -0.05) is 18.2 Å². The maximum absolute atomic E-state index is 2.37. The lowest BCUT2D eigenvalue weighted by molar-refractivity contribution is 0.263. The summed E-state index contributed by atoms with van der Waals surface area (Å²) >= 11 is 0. The first kappa shape index (κ1) is 11.1. The molecule has 2 rings (SSSR count). The lowest BCUT2D eigenvalue weighted by atomic mass is 10.2. The van der Waals surface area contributed by atoms with Crippen LogP contribution in [0.1, 0.15) is 26.3 Å². The molecule has 0 saturated heterocycles. The molecule has 0 fully saturated rings. The lowest BCUT2D eigenvalue weighted by Crippen LogP contribution is -2.39. The highest BCUT2D eigenvalue weighted by molar-refractivity contribution is 5.56. The Labute approximate surface area is 98.2 Å². The van der Waals surface area contributed by atoms with Crippen molar-refractivity contribution in [2.24, 2.45) is 0 Å². The van der Waals surface area contributed by atoms with Crippen LogP contribution in [0.5, 0.6) is 0 Å². The van der Waals surface area contributed by atoms with E-state index in [1.165, 1.54) is 11.3 Å². The van der Waals surface area contributed by atoms with E-state index in [0.29, 0.717) is 12.2 Å². The second-order valence-electron chi connectivity index (χ2n) is 4.66. The van der Waals surface area contributed by atoms with E-state index in [1.54, 1.807) is 0 Å². The van der Waals surface area contributed by atoms with Crippen LogP contribution in [0.4, 0.5) is 5.69 Å². The molecule has 2 heteroatoms. The molecule has 0 amide bonds. The Balaban J connectivity index is 2.26. The van der Waals surface area contributed by atoms with Crippen LogP contribution < -0.4 is 4.90 Å². The van der Waals surface area contributed by atoms with Crippen LogP contribution in [0, 0.1) is 6.92 Å². The molecular formula is C14H20N2. The van der Waals surface area contributed by atoms with Crippen molar-refractivity contribution in [1.82, 2.24) is 4.90 Å². The summed E-state index contributed by atoms with van der Waals surface area (Å²) in [5.41, 5.74) is 2.62. The summed E-state index contributed by atoms with van der Waals surface area (Å²) < 4.78 is 0. The highest BCUT2D eigenvalue weighted by Gasteiger charge is 2.25. The fourth-order valence-corrected chi connectivity index (χ4v) is 2.28. The van der Waals surface area contributed by atoms with Crippen molar-refractivity contribution in [1.29, 1.82) is 0 Å². The number of anilines is 1. The van der Waals surface area contributed by atoms with E-state index >= 15 is 0 Å². The first-order valence-electron chi connectivity index (χ1n) is 5.91. The summed E-state index contributed by atoms with van der Waals surface area (Å²) in [5.74, 6) is 0. The molecule has 2 nitrogen and oxygen atoms in total. The van der Waals surface area contributed by atoms with E-state index in [2.05, 4.69) is 74.2 Å². The molecule has 86 valence electrons. The number of rotatable bonds is 2. The molecule has 1 aliphatic heterocycles. The quantitative estimate of drug-likeness (QED) is 0.748. The molecule has 0 N–H and O–H groups in total. The number of hydrogen-bond donors (Lipinski definition) is 0. The van der Waals surface area contributed by atoms with Crippen molar-refractivity contribution >= 4 is 5.69 Å². The second kappa shape index (κ2) is 4.20. The molecule has 0 saturated carbocycles. The van der Waals surface area contributed by atoms with Crippen molar-refractivity contribution in [2.75, 3.05) is 4.90 Å². The monoisotopic (exact) mass is 216 g/mol. The molecule has 1 atom stereocenters. The Morgan fingerprint density at radius 1 is 1.12 bits per heavy atom. The second-order valence-corrected chi connectivity index (χ2v) is 4.66. The minimum Gasteiger partial charge on any atom is -0.353 e. The van der Waals surface area contributed by atoms with Gasteiger partial charge in [0.1, 0.15) is 6.17 Å². The van der Waals surface area contributed by atoms with Crippen LogP contribution in [0.3, 0.4) is 0 Å². The third kappa shape index (κ3) is 1.80. The van der Waals surface area contributed by atoms with Crippen molar-refractivity contribution in [3.05, 3.63) is 42.2 Å². The number of benzene rings is 1. The maximum atomic E-state index is 2.37. The summed E-state index contributed by atoms with van der Waals surface area (Å²) in [6.45, 7) is 8.85. The van der Waals surface area contributed by atoms with Gasteiger partial charge in [-0.15, -0.1) is 0 Å². The highest BCUT2D eigenvalue weighted by atomic mass is 15.4. The normalized spacial score (nSPS) is 19.9. The van der Waals surface area contributed by atoms with Crippen molar-refractivity contribution in [2.45, 2.75) is 39.9 Å². The number of hydrogen-bond acceptors (Lipinski definition) is 2. The smallest absolute Gasteiger partial charge is 0.103 e. The molecular weight excluding hydrogens is 196 g/mol. The SMILES string of the molecule is Cc1ccccc1N1C=CN(C(C)C)C1C. The molecule has 16 heavy (non-hydrogen) atoms. The Kier molecular flexibility index (Phi) is 2.90. The van der Waals surface area contributed by atoms with E-state index < -0.39 is 0 Å². The van der Waals surface area contributed by atoms with E-state index in [1.807, 2.05) is 0 Å². The average molecular weight is 216 g/mol. The van der Waals surface area contributed by atoms with Gasteiger partial charge >= 0.3 is 0 Å². The third-order valence-corrected chi connectivity index (χ3v) is 3.22. The number of nitrogens with zero attached hydrogens (tertiary/aromatic N) is 2. The van der Waals surface area contributed by atoms with Crippen molar-refractivity contribution in [3.63, 3.8) is 0 Å². The molecule has 0 aromatic heterocycles. The van der Waals surface area contributed by atoms with Gasteiger partial charge in [-0.2, -0.15) is 0 Å². The van der Waals surface area contributed by atoms with Crippen LogP contribution in [-0.4, -0.2) is 17.1 Å². The van der Waals surface area contributed by atoms with Gasteiger partial charge in [0.05, 0.1) is 0 Å². The predicted octanol–water partition coefficient (Wildman–Crippen LogP) is 3.34. The van der Waals surface area contributed by atoms with Gasteiger partial charge in [0.2, 0.25) is 0 Å². The Morgan fingerprint density at radius 3 is 2.38 bits per heavy atom. The minimum atomic E-state index is 0.404. The standard InChI is InChI=1S/C14H20N2/c1-11(2)15-9-10-16(13(15)4)14-8-6-5-7-12(14)3/h5-11,13H,1-4H3. The van der Waals surface area contributed by atoms with E-state index in [4.69, 9.17) is 0 Å². The van der Waals surface area contributed by atoms with Crippen LogP contribution in [-0.2, 0) is 0 Å². The van der Waals surface area contributed by atoms with E-state index in [-0.39, 0.29) is 0 Å². The highest BCUT2D eigenvalue weighted by Crippen LogP contribution is 2.28. The Bertz CT molecular complexity index is 395. The summed E-state index contributed by atoms with van der Waals surface area (Å²) in [7, 11) is 0. The summed E-state index contributed by atoms with van der Waals surface area (Å²) in [4.78, 5) is 4.70. The van der Waals surface area contributed by atoms with E-state index in [0.717, 1.165) is 0 Å². The molecule has 0 radical (unpaired) electrons. The van der Waals surface area contributed by atoms with Gasteiger partial charge in [-0.25, -0.2) is 0 Å². The Hall–Kier alpha value is -1.44. The Morgan fingerprint density at radius 2 is 1.81 bits per heavy atom.